The third-order valence-corrected chi connectivity index (χ3v) is 3.42. The van der Waals surface area contributed by atoms with Crippen molar-refractivity contribution >= 4 is 29.2 Å². The van der Waals surface area contributed by atoms with Gasteiger partial charge in [0.05, 0.1) is 23.3 Å². The topological polar surface area (TPSA) is 86.5 Å². The highest BCUT2D eigenvalue weighted by Crippen LogP contribution is 2.30. The van der Waals surface area contributed by atoms with Crippen molar-refractivity contribution in [2.45, 2.75) is 18.2 Å². The Morgan fingerprint density at radius 3 is 2.63 bits per heavy atom. The maximum absolute atomic E-state index is 11.2. The van der Waals surface area contributed by atoms with Crippen molar-refractivity contribution in [2.24, 2.45) is 0 Å². The van der Waals surface area contributed by atoms with Crippen molar-refractivity contribution in [1.82, 2.24) is 0 Å². The normalized spacial score (nSPS) is 10.0. The lowest BCUT2D eigenvalue weighted by Gasteiger charge is -2.04. The second-order valence-electron chi connectivity index (χ2n) is 3.67. The van der Waals surface area contributed by atoms with Gasteiger partial charge in [0.1, 0.15) is 0 Å². The highest BCUT2D eigenvalue weighted by Gasteiger charge is 2.16. The molecular formula is C12H13NO5S. The molecule has 0 unspecified atom stereocenters. The van der Waals surface area contributed by atoms with Gasteiger partial charge in [-0.25, -0.2) is 0 Å². The SMILES string of the molecule is COC(=O)CCSc1ccc(C(C)=O)cc1[N+](=O)[O-]. The summed E-state index contributed by atoms with van der Waals surface area (Å²) >= 11 is 1.19. The second-order valence-corrected chi connectivity index (χ2v) is 4.81. The fourth-order valence-corrected chi connectivity index (χ4v) is 2.28. The number of nitro groups is 1. The van der Waals surface area contributed by atoms with Crippen LogP contribution in [-0.2, 0) is 9.53 Å². The van der Waals surface area contributed by atoms with Crippen LogP contribution in [0.15, 0.2) is 23.1 Å². The Balaban J connectivity index is 2.85. The van der Waals surface area contributed by atoms with Crippen LogP contribution in [0.2, 0.25) is 0 Å². The van der Waals surface area contributed by atoms with Gasteiger partial charge in [0.15, 0.2) is 5.78 Å². The number of rotatable bonds is 6. The first-order valence-electron chi connectivity index (χ1n) is 5.44. The van der Waals surface area contributed by atoms with E-state index < -0.39 is 4.92 Å². The zero-order chi connectivity index (χ0) is 14.4. The molecule has 0 saturated heterocycles. The highest BCUT2D eigenvalue weighted by atomic mass is 32.2. The third-order valence-electron chi connectivity index (χ3n) is 2.35. The number of carbonyl (C=O) groups is 2. The first-order chi connectivity index (χ1) is 8.95. The summed E-state index contributed by atoms with van der Waals surface area (Å²) < 4.78 is 4.49. The summed E-state index contributed by atoms with van der Waals surface area (Å²) in [6.07, 6.45) is 0.173. The van der Waals surface area contributed by atoms with E-state index in [1.54, 1.807) is 0 Å². The van der Waals surface area contributed by atoms with Crippen LogP contribution in [0.1, 0.15) is 23.7 Å². The van der Waals surface area contributed by atoms with Crippen LogP contribution in [0.4, 0.5) is 5.69 Å². The van der Waals surface area contributed by atoms with Gasteiger partial charge in [-0.3, -0.25) is 19.7 Å². The molecule has 0 spiro atoms. The van der Waals surface area contributed by atoms with E-state index in [0.29, 0.717) is 16.2 Å². The molecule has 1 aromatic carbocycles. The van der Waals surface area contributed by atoms with Gasteiger partial charge < -0.3 is 4.74 Å². The Morgan fingerprint density at radius 2 is 2.11 bits per heavy atom. The molecule has 0 aliphatic heterocycles. The third kappa shape index (κ3) is 4.36. The average Bonchev–Trinajstić information content (AvgIpc) is 2.38. The number of Topliss-reactive ketones (excluding diaryl/α,β-unsaturated/α-hetero) is 1. The van der Waals surface area contributed by atoms with Crippen molar-refractivity contribution in [3.05, 3.63) is 33.9 Å². The Morgan fingerprint density at radius 1 is 1.42 bits per heavy atom. The van der Waals surface area contributed by atoms with Crippen LogP contribution < -0.4 is 0 Å². The lowest BCUT2D eigenvalue weighted by Crippen LogP contribution is -2.02. The fraction of sp³-hybridized carbons (Fsp3) is 0.333. The van der Waals surface area contributed by atoms with Crippen LogP contribution in [-0.4, -0.2) is 29.5 Å². The average molecular weight is 283 g/mol. The van der Waals surface area contributed by atoms with Crippen LogP contribution >= 0.6 is 11.8 Å². The second kappa shape index (κ2) is 6.89. The summed E-state index contributed by atoms with van der Waals surface area (Å²) in [4.78, 5) is 33.0. The minimum atomic E-state index is -0.535. The maximum atomic E-state index is 11.2. The molecule has 0 saturated carbocycles. The molecule has 0 aliphatic rings. The van der Waals surface area contributed by atoms with E-state index in [1.165, 1.54) is 44.0 Å². The highest BCUT2D eigenvalue weighted by molar-refractivity contribution is 7.99. The van der Waals surface area contributed by atoms with Crippen molar-refractivity contribution in [3.8, 4) is 0 Å². The lowest BCUT2D eigenvalue weighted by molar-refractivity contribution is -0.387. The standard InChI is InChI=1S/C12H13NO5S/c1-8(14)9-3-4-11(10(7-9)13(16)17)19-6-5-12(15)18-2/h3-4,7H,5-6H2,1-2H3. The molecular weight excluding hydrogens is 270 g/mol. The molecule has 0 amide bonds. The first-order valence-corrected chi connectivity index (χ1v) is 6.43. The number of ether oxygens (including phenoxy) is 1. The molecule has 0 fully saturated rings. The summed E-state index contributed by atoms with van der Waals surface area (Å²) in [7, 11) is 1.29. The molecule has 0 aliphatic carbocycles. The smallest absolute Gasteiger partial charge is 0.306 e. The molecule has 19 heavy (non-hydrogen) atoms. The van der Waals surface area contributed by atoms with Crippen LogP contribution in [0.25, 0.3) is 0 Å². The van der Waals surface area contributed by atoms with E-state index in [2.05, 4.69) is 4.74 Å². The molecule has 102 valence electrons. The van der Waals surface area contributed by atoms with Gasteiger partial charge >= 0.3 is 5.97 Å². The van der Waals surface area contributed by atoms with E-state index in [0.717, 1.165) is 0 Å². The molecule has 7 heteroatoms. The summed E-state index contributed by atoms with van der Waals surface area (Å²) in [5, 5.41) is 10.9. The monoisotopic (exact) mass is 283 g/mol. The molecule has 0 N–H and O–H groups in total. The largest absolute Gasteiger partial charge is 0.469 e. The van der Waals surface area contributed by atoms with Gasteiger partial charge in [0.25, 0.3) is 5.69 Å². The number of thioether (sulfide) groups is 1. The number of esters is 1. The Labute approximate surface area is 114 Å². The van der Waals surface area contributed by atoms with Gasteiger partial charge in [0, 0.05) is 17.4 Å². The Kier molecular flexibility index (Phi) is 5.50. The number of ketones is 1. The molecule has 0 heterocycles. The lowest BCUT2D eigenvalue weighted by atomic mass is 10.1. The van der Waals surface area contributed by atoms with Crippen molar-refractivity contribution < 1.29 is 19.2 Å². The number of carbonyl (C=O) groups excluding carboxylic acids is 2. The summed E-state index contributed by atoms with van der Waals surface area (Å²) in [6, 6.07) is 4.31. The van der Waals surface area contributed by atoms with Gasteiger partial charge in [0.2, 0.25) is 0 Å². The predicted octanol–water partition coefficient (Wildman–Crippen LogP) is 2.45. The molecule has 1 rings (SSSR count). The van der Waals surface area contributed by atoms with E-state index >= 15 is 0 Å². The molecule has 0 aromatic heterocycles. The van der Waals surface area contributed by atoms with Gasteiger partial charge in [-0.15, -0.1) is 11.8 Å². The van der Waals surface area contributed by atoms with Gasteiger partial charge in [-0.2, -0.15) is 0 Å². The Bertz CT molecular complexity index is 515. The van der Waals surface area contributed by atoms with Crippen LogP contribution in [0, 0.1) is 10.1 Å². The number of hydrogen-bond donors (Lipinski definition) is 0. The molecule has 1 aromatic rings. The van der Waals surface area contributed by atoms with E-state index in [9.17, 15) is 19.7 Å². The number of hydrogen-bond acceptors (Lipinski definition) is 6. The molecule has 0 atom stereocenters. The number of methoxy groups -OCH3 is 1. The van der Waals surface area contributed by atoms with Crippen LogP contribution in [0.5, 0.6) is 0 Å². The molecule has 6 nitrogen and oxygen atoms in total. The zero-order valence-corrected chi connectivity index (χ0v) is 11.4. The fourth-order valence-electron chi connectivity index (χ4n) is 1.35. The van der Waals surface area contributed by atoms with E-state index in [-0.39, 0.29) is 23.9 Å². The van der Waals surface area contributed by atoms with E-state index in [4.69, 9.17) is 0 Å². The quantitative estimate of drug-likeness (QED) is 0.262. The van der Waals surface area contributed by atoms with E-state index in [1.807, 2.05) is 0 Å². The van der Waals surface area contributed by atoms with Gasteiger partial charge in [-0.05, 0) is 19.1 Å². The predicted molar refractivity (Wildman–Crippen MR) is 70.5 cm³/mol. The molecule has 0 radical (unpaired) electrons. The zero-order valence-electron chi connectivity index (χ0n) is 10.5. The first kappa shape index (κ1) is 15.2. The number of nitrogens with zero attached hydrogens (tertiary/aromatic N) is 1. The molecule has 0 bridgehead atoms. The number of benzene rings is 1. The van der Waals surface area contributed by atoms with Crippen molar-refractivity contribution in [2.75, 3.05) is 12.9 Å². The summed E-state index contributed by atoms with van der Waals surface area (Å²) in [6.45, 7) is 1.35. The maximum Gasteiger partial charge on any atom is 0.306 e. The van der Waals surface area contributed by atoms with Gasteiger partial charge in [-0.1, -0.05) is 0 Å². The summed E-state index contributed by atoms with van der Waals surface area (Å²) in [5.74, 6) is -0.211. The minimum absolute atomic E-state index is 0.123. The minimum Gasteiger partial charge on any atom is -0.469 e. The Hall–Kier alpha value is -1.89. The van der Waals surface area contributed by atoms with Crippen molar-refractivity contribution in [3.63, 3.8) is 0 Å². The van der Waals surface area contributed by atoms with Crippen molar-refractivity contribution in [1.29, 1.82) is 0 Å². The number of nitro benzene ring substituents is 1. The van der Waals surface area contributed by atoms with Crippen LogP contribution in [0.3, 0.4) is 0 Å². The summed E-state index contributed by atoms with van der Waals surface area (Å²) in [5.41, 5.74) is 0.173.